The second kappa shape index (κ2) is 8.10. The van der Waals surface area contributed by atoms with Gasteiger partial charge in [0.1, 0.15) is 29.1 Å². The number of benzene rings is 1. The molecule has 3 aromatic heterocycles. The molecule has 36 heavy (non-hydrogen) atoms. The largest absolute Gasteiger partial charge is 0.383 e. The first-order valence-electron chi connectivity index (χ1n) is 11.6. The summed E-state index contributed by atoms with van der Waals surface area (Å²) in [6.07, 6.45) is 3.41. The Labute approximate surface area is 209 Å². The maximum atomic E-state index is 15.4. The summed E-state index contributed by atoms with van der Waals surface area (Å²) in [6.45, 7) is 8.07. The third-order valence-electron chi connectivity index (χ3n) is 6.73. The summed E-state index contributed by atoms with van der Waals surface area (Å²) in [5, 5.41) is 1.34. The number of hydrogen-bond acceptors (Lipinski definition) is 6. The van der Waals surface area contributed by atoms with Gasteiger partial charge in [-0.2, -0.15) is 0 Å². The number of carbonyl (C=O) groups excluding carboxylic acids is 1. The predicted molar refractivity (Wildman–Crippen MR) is 134 cm³/mol. The zero-order valence-electron chi connectivity index (χ0n) is 19.7. The number of nitrogen functional groups attached to an aromatic ring is 1. The molecule has 4 heterocycles. The van der Waals surface area contributed by atoms with Gasteiger partial charge in [-0.05, 0) is 32.8 Å². The zero-order chi connectivity index (χ0) is 25.3. The van der Waals surface area contributed by atoms with E-state index < -0.39 is 11.6 Å². The van der Waals surface area contributed by atoms with Crippen molar-refractivity contribution in [2.45, 2.75) is 51.7 Å². The second-order valence-corrected chi connectivity index (χ2v) is 10.5. The van der Waals surface area contributed by atoms with Gasteiger partial charge in [-0.15, -0.1) is 11.3 Å². The van der Waals surface area contributed by atoms with E-state index in [1.54, 1.807) is 11.8 Å². The van der Waals surface area contributed by atoms with Crippen LogP contribution in [0.4, 0.5) is 14.6 Å². The molecule has 1 amide bonds. The Bertz CT molecular complexity index is 1670. The van der Waals surface area contributed by atoms with Crippen LogP contribution in [0.1, 0.15) is 54.4 Å². The summed E-state index contributed by atoms with van der Waals surface area (Å²) in [4.78, 5) is 27.4. The standard InChI is InChI=1S/C26H22F2N6OS/c1-12(2)26(35)33-10-18-16(20-23(29)30-11-31-24(20)34(18)9-13(33)3)7-6-15-17(27)8-19-22(21(15)28)32-25(36-19)14-4-5-14/h8,11,13-14H,1,4-5,9-10H2,2-3H3,(H2,29,30,31)/t13-/m1/s1. The Kier molecular flexibility index (Phi) is 5.09. The van der Waals surface area contributed by atoms with Crippen LogP contribution < -0.4 is 5.73 Å². The fraction of sp³-hybridized carbons (Fsp3) is 0.308. The quantitative estimate of drug-likeness (QED) is 0.321. The van der Waals surface area contributed by atoms with Crippen molar-refractivity contribution in [2.24, 2.45) is 0 Å². The van der Waals surface area contributed by atoms with Crippen LogP contribution >= 0.6 is 11.3 Å². The Morgan fingerprint density at radius 1 is 1.25 bits per heavy atom. The molecule has 2 aliphatic rings. The van der Waals surface area contributed by atoms with E-state index in [1.165, 1.54) is 23.7 Å². The number of rotatable bonds is 2. The highest BCUT2D eigenvalue weighted by Gasteiger charge is 2.32. The van der Waals surface area contributed by atoms with E-state index in [1.807, 2.05) is 11.5 Å². The van der Waals surface area contributed by atoms with Gasteiger partial charge in [0.05, 0.1) is 38.5 Å². The first-order chi connectivity index (χ1) is 17.2. The smallest absolute Gasteiger partial charge is 0.249 e. The number of carbonyl (C=O) groups is 1. The lowest BCUT2D eigenvalue weighted by Crippen LogP contribution is -2.45. The SMILES string of the molecule is C=C(C)C(=O)N1Cc2c(C#Cc3c(F)cc4sc(C5CC5)nc4c3F)c3c(N)ncnc3n2C[C@H]1C. The van der Waals surface area contributed by atoms with Gasteiger partial charge in [0, 0.05) is 24.1 Å². The minimum Gasteiger partial charge on any atom is -0.383 e. The maximum absolute atomic E-state index is 15.4. The molecule has 0 radical (unpaired) electrons. The normalized spacial score (nSPS) is 17.2. The van der Waals surface area contributed by atoms with E-state index in [0.29, 0.717) is 45.0 Å². The van der Waals surface area contributed by atoms with Crippen molar-refractivity contribution in [1.29, 1.82) is 0 Å². The lowest BCUT2D eigenvalue weighted by Gasteiger charge is -2.35. The molecule has 1 aliphatic carbocycles. The van der Waals surface area contributed by atoms with Crippen molar-refractivity contribution in [2.75, 3.05) is 5.73 Å². The monoisotopic (exact) mass is 504 g/mol. The molecule has 182 valence electrons. The molecule has 1 saturated carbocycles. The molecular weight excluding hydrogens is 482 g/mol. The third kappa shape index (κ3) is 3.45. The van der Waals surface area contributed by atoms with E-state index >= 15 is 4.39 Å². The van der Waals surface area contributed by atoms with E-state index in [2.05, 4.69) is 33.4 Å². The number of nitrogens with zero attached hydrogens (tertiary/aromatic N) is 5. The molecule has 0 unspecified atom stereocenters. The number of fused-ring (bicyclic) bond motifs is 4. The molecule has 0 spiro atoms. The highest BCUT2D eigenvalue weighted by Crippen LogP contribution is 2.44. The van der Waals surface area contributed by atoms with Crippen LogP contribution in [-0.4, -0.2) is 36.4 Å². The number of amides is 1. The third-order valence-corrected chi connectivity index (χ3v) is 7.90. The molecular formula is C26H22F2N6OS. The molecule has 10 heteroatoms. The molecule has 1 aliphatic heterocycles. The van der Waals surface area contributed by atoms with Crippen LogP contribution in [0.25, 0.3) is 21.3 Å². The second-order valence-electron chi connectivity index (χ2n) is 9.42. The van der Waals surface area contributed by atoms with Crippen molar-refractivity contribution in [3.05, 3.63) is 58.0 Å². The Morgan fingerprint density at radius 2 is 2.00 bits per heavy atom. The van der Waals surface area contributed by atoms with Crippen LogP contribution in [0.3, 0.4) is 0 Å². The highest BCUT2D eigenvalue weighted by atomic mass is 32.1. The van der Waals surface area contributed by atoms with Crippen LogP contribution in [0.2, 0.25) is 0 Å². The van der Waals surface area contributed by atoms with Crippen LogP contribution in [0.15, 0.2) is 24.5 Å². The number of nitrogens with two attached hydrogens (primary N) is 1. The molecule has 0 bridgehead atoms. The van der Waals surface area contributed by atoms with Gasteiger partial charge in [-0.25, -0.2) is 23.7 Å². The Hall–Kier alpha value is -3.84. The molecule has 4 aromatic rings. The topological polar surface area (TPSA) is 89.9 Å². The average Bonchev–Trinajstić information content (AvgIpc) is 3.53. The van der Waals surface area contributed by atoms with Crippen LogP contribution in [-0.2, 0) is 17.9 Å². The summed E-state index contributed by atoms with van der Waals surface area (Å²) < 4.78 is 32.8. The molecule has 7 nitrogen and oxygen atoms in total. The lowest BCUT2D eigenvalue weighted by molar-refractivity contribution is -0.130. The van der Waals surface area contributed by atoms with Crippen molar-refractivity contribution < 1.29 is 13.6 Å². The molecule has 1 aromatic carbocycles. The summed E-state index contributed by atoms with van der Waals surface area (Å²) in [5.41, 5.74) is 8.12. The Balaban J connectivity index is 1.52. The maximum Gasteiger partial charge on any atom is 0.249 e. The fourth-order valence-corrected chi connectivity index (χ4v) is 5.85. The van der Waals surface area contributed by atoms with Crippen LogP contribution in [0, 0.1) is 23.5 Å². The van der Waals surface area contributed by atoms with Gasteiger partial charge in [0.15, 0.2) is 5.82 Å². The number of hydrogen-bond donors (Lipinski definition) is 1. The van der Waals surface area contributed by atoms with Gasteiger partial charge in [-0.1, -0.05) is 18.4 Å². The number of aromatic nitrogens is 4. The van der Waals surface area contributed by atoms with Crippen molar-refractivity contribution in [3.8, 4) is 11.8 Å². The minimum atomic E-state index is -0.769. The first kappa shape index (κ1) is 22.6. The van der Waals surface area contributed by atoms with Crippen molar-refractivity contribution in [3.63, 3.8) is 0 Å². The Morgan fingerprint density at radius 3 is 2.72 bits per heavy atom. The zero-order valence-corrected chi connectivity index (χ0v) is 20.5. The average molecular weight is 505 g/mol. The highest BCUT2D eigenvalue weighted by molar-refractivity contribution is 7.18. The lowest BCUT2D eigenvalue weighted by atomic mass is 10.1. The van der Waals surface area contributed by atoms with Gasteiger partial charge < -0.3 is 15.2 Å². The van der Waals surface area contributed by atoms with Crippen molar-refractivity contribution in [1.82, 2.24) is 24.4 Å². The number of halogens is 2. The van der Waals surface area contributed by atoms with Crippen LogP contribution in [0.5, 0.6) is 0 Å². The number of thiazole rings is 1. The van der Waals surface area contributed by atoms with Gasteiger partial charge >= 0.3 is 0 Å². The summed E-state index contributed by atoms with van der Waals surface area (Å²) in [6, 6.07) is 1.17. The van der Waals surface area contributed by atoms with E-state index in [0.717, 1.165) is 17.8 Å². The van der Waals surface area contributed by atoms with E-state index in [-0.39, 0.29) is 35.4 Å². The molecule has 0 saturated heterocycles. The summed E-state index contributed by atoms with van der Waals surface area (Å²) >= 11 is 1.33. The predicted octanol–water partition coefficient (Wildman–Crippen LogP) is 4.49. The van der Waals surface area contributed by atoms with Crippen molar-refractivity contribution >= 4 is 44.3 Å². The molecule has 1 atom stereocenters. The first-order valence-corrected chi connectivity index (χ1v) is 12.4. The van der Waals surface area contributed by atoms with E-state index in [4.69, 9.17) is 5.73 Å². The summed E-state index contributed by atoms with van der Waals surface area (Å²) in [7, 11) is 0. The molecule has 1 fully saturated rings. The van der Waals surface area contributed by atoms with Gasteiger partial charge in [0.25, 0.3) is 0 Å². The van der Waals surface area contributed by atoms with E-state index in [9.17, 15) is 9.18 Å². The van der Waals surface area contributed by atoms with Gasteiger partial charge in [0.2, 0.25) is 5.91 Å². The summed E-state index contributed by atoms with van der Waals surface area (Å²) in [5.74, 6) is 4.51. The fourth-order valence-electron chi connectivity index (χ4n) is 4.69. The van der Waals surface area contributed by atoms with Gasteiger partial charge in [-0.3, -0.25) is 4.79 Å². The number of anilines is 1. The minimum absolute atomic E-state index is 0.128. The molecule has 6 rings (SSSR count). The molecule has 2 N–H and O–H groups in total.